The van der Waals surface area contributed by atoms with Gasteiger partial charge in [0, 0.05) is 5.88 Å². The van der Waals surface area contributed by atoms with Crippen molar-refractivity contribution < 1.29 is 9.47 Å². The molecule has 0 radical (unpaired) electrons. The molecule has 2 nitrogen and oxygen atoms in total. The molecule has 16 heavy (non-hydrogen) atoms. The van der Waals surface area contributed by atoms with Crippen LogP contribution in [0.1, 0.15) is 25.3 Å². The Bertz CT molecular complexity index is 337. The fourth-order valence-corrected chi connectivity index (χ4v) is 2.27. The van der Waals surface area contributed by atoms with E-state index in [1.54, 1.807) is 14.2 Å². The second-order valence-corrected chi connectivity index (χ2v) is 4.43. The third-order valence-electron chi connectivity index (χ3n) is 2.81. The molecule has 3 heteroatoms. The molecule has 1 rings (SSSR count). The minimum atomic E-state index is 0.349. The molecule has 0 aliphatic carbocycles. The number of halogens is 1. The van der Waals surface area contributed by atoms with Crippen molar-refractivity contribution in [3.8, 4) is 11.5 Å². The summed E-state index contributed by atoms with van der Waals surface area (Å²) in [6.45, 7) is 4.34. The van der Waals surface area contributed by atoms with Crippen LogP contribution in [0.5, 0.6) is 11.5 Å². The Kier molecular flexibility index (Phi) is 4.94. The molecule has 0 saturated heterocycles. The number of ether oxygens (including phenoxy) is 2. The number of hydrogen-bond donors (Lipinski definition) is 0. The van der Waals surface area contributed by atoms with E-state index < -0.39 is 0 Å². The Balaban J connectivity index is 3.06. The summed E-state index contributed by atoms with van der Waals surface area (Å²) in [5.41, 5.74) is 1.20. The first kappa shape index (κ1) is 13.2. The van der Waals surface area contributed by atoms with Gasteiger partial charge < -0.3 is 9.47 Å². The van der Waals surface area contributed by atoms with Gasteiger partial charge in [-0.15, -0.1) is 11.6 Å². The average molecular weight is 243 g/mol. The smallest absolute Gasteiger partial charge is 0.160 e. The lowest BCUT2D eigenvalue weighted by molar-refractivity contribution is 0.354. The Hall–Kier alpha value is -0.890. The normalized spacial score (nSPS) is 12.6. The third kappa shape index (κ3) is 2.82. The van der Waals surface area contributed by atoms with Crippen molar-refractivity contribution in [1.82, 2.24) is 0 Å². The second kappa shape index (κ2) is 6.00. The van der Waals surface area contributed by atoms with E-state index in [2.05, 4.69) is 19.9 Å². The molecule has 0 amide bonds. The van der Waals surface area contributed by atoms with Gasteiger partial charge in [0.05, 0.1) is 14.2 Å². The van der Waals surface area contributed by atoms with Gasteiger partial charge in [-0.1, -0.05) is 19.9 Å². The summed E-state index contributed by atoms with van der Waals surface area (Å²) >= 11 is 5.99. The minimum Gasteiger partial charge on any atom is -0.493 e. The van der Waals surface area contributed by atoms with Crippen molar-refractivity contribution >= 4 is 11.6 Å². The van der Waals surface area contributed by atoms with Crippen LogP contribution in [0.4, 0.5) is 0 Å². The van der Waals surface area contributed by atoms with Gasteiger partial charge >= 0.3 is 0 Å². The lowest BCUT2D eigenvalue weighted by atomic mass is 9.90. The van der Waals surface area contributed by atoms with Gasteiger partial charge in [-0.2, -0.15) is 0 Å². The van der Waals surface area contributed by atoms with Crippen LogP contribution in [-0.4, -0.2) is 20.1 Å². The molecule has 1 atom stereocenters. The molecule has 0 bridgehead atoms. The Morgan fingerprint density at radius 3 is 2.19 bits per heavy atom. The van der Waals surface area contributed by atoms with E-state index in [1.807, 2.05) is 12.1 Å². The number of benzene rings is 1. The Labute approximate surface area is 103 Å². The van der Waals surface area contributed by atoms with E-state index in [-0.39, 0.29) is 0 Å². The molecule has 0 spiro atoms. The predicted octanol–water partition coefficient (Wildman–Crippen LogP) is 3.68. The first-order chi connectivity index (χ1) is 7.63. The van der Waals surface area contributed by atoms with Crippen LogP contribution in [0.15, 0.2) is 18.2 Å². The molecule has 1 unspecified atom stereocenters. The molecule has 1 aromatic carbocycles. The molecule has 0 saturated carbocycles. The maximum atomic E-state index is 5.99. The first-order valence-electron chi connectivity index (χ1n) is 5.41. The summed E-state index contributed by atoms with van der Waals surface area (Å²) in [5, 5.41) is 0. The van der Waals surface area contributed by atoms with Crippen molar-refractivity contribution in [2.24, 2.45) is 5.92 Å². The third-order valence-corrected chi connectivity index (χ3v) is 3.14. The van der Waals surface area contributed by atoms with Crippen LogP contribution in [-0.2, 0) is 0 Å². The summed E-state index contributed by atoms with van der Waals surface area (Å²) in [4.78, 5) is 0. The number of rotatable bonds is 5. The lowest BCUT2D eigenvalue weighted by Crippen LogP contribution is -2.08. The topological polar surface area (TPSA) is 18.5 Å². The maximum Gasteiger partial charge on any atom is 0.160 e. The Morgan fingerprint density at radius 1 is 1.12 bits per heavy atom. The molecule has 0 fully saturated rings. The molecule has 90 valence electrons. The summed E-state index contributed by atoms with van der Waals surface area (Å²) in [6, 6.07) is 5.98. The van der Waals surface area contributed by atoms with Crippen molar-refractivity contribution in [2.45, 2.75) is 19.8 Å². The van der Waals surface area contributed by atoms with Crippen LogP contribution in [0.3, 0.4) is 0 Å². The van der Waals surface area contributed by atoms with Gasteiger partial charge in [-0.05, 0) is 29.5 Å². The molecule has 1 aromatic rings. The van der Waals surface area contributed by atoms with E-state index in [9.17, 15) is 0 Å². The number of hydrogen-bond acceptors (Lipinski definition) is 2. The monoisotopic (exact) mass is 242 g/mol. The van der Waals surface area contributed by atoms with E-state index in [0.717, 1.165) is 11.5 Å². The van der Waals surface area contributed by atoms with Crippen LogP contribution in [0.2, 0.25) is 0 Å². The zero-order valence-corrected chi connectivity index (χ0v) is 11.0. The number of alkyl halides is 1. The summed E-state index contributed by atoms with van der Waals surface area (Å²) in [7, 11) is 3.28. The molecule has 0 aliphatic rings. The van der Waals surface area contributed by atoms with Gasteiger partial charge in [0.15, 0.2) is 11.5 Å². The molecule has 0 heterocycles. The van der Waals surface area contributed by atoms with E-state index in [1.165, 1.54) is 5.56 Å². The van der Waals surface area contributed by atoms with E-state index in [0.29, 0.717) is 17.7 Å². The van der Waals surface area contributed by atoms with Gasteiger partial charge in [-0.3, -0.25) is 0 Å². The van der Waals surface area contributed by atoms with Crippen molar-refractivity contribution in [2.75, 3.05) is 20.1 Å². The van der Waals surface area contributed by atoms with Gasteiger partial charge in [0.2, 0.25) is 0 Å². The predicted molar refractivity (Wildman–Crippen MR) is 67.8 cm³/mol. The van der Waals surface area contributed by atoms with Gasteiger partial charge in [0.25, 0.3) is 0 Å². The fraction of sp³-hybridized carbons (Fsp3) is 0.538. The summed E-state index contributed by atoms with van der Waals surface area (Å²) < 4.78 is 10.5. The molecule has 0 N–H and O–H groups in total. The highest BCUT2D eigenvalue weighted by Gasteiger charge is 2.16. The zero-order valence-electron chi connectivity index (χ0n) is 10.3. The first-order valence-corrected chi connectivity index (χ1v) is 5.95. The average Bonchev–Trinajstić information content (AvgIpc) is 2.29. The number of methoxy groups -OCH3 is 2. The largest absolute Gasteiger partial charge is 0.493 e. The van der Waals surface area contributed by atoms with Crippen LogP contribution >= 0.6 is 11.6 Å². The van der Waals surface area contributed by atoms with Crippen LogP contribution in [0.25, 0.3) is 0 Å². The maximum absolute atomic E-state index is 5.99. The standard InChI is InChI=1S/C13H19ClO2/c1-9(2)11(8-14)10-5-6-12(15-3)13(7-10)16-4/h5-7,9,11H,8H2,1-4H3. The second-order valence-electron chi connectivity index (χ2n) is 4.12. The highest BCUT2D eigenvalue weighted by molar-refractivity contribution is 6.18. The van der Waals surface area contributed by atoms with E-state index in [4.69, 9.17) is 21.1 Å². The highest BCUT2D eigenvalue weighted by atomic mass is 35.5. The van der Waals surface area contributed by atoms with Gasteiger partial charge in [0.1, 0.15) is 0 Å². The Morgan fingerprint density at radius 2 is 1.75 bits per heavy atom. The van der Waals surface area contributed by atoms with Crippen LogP contribution in [0, 0.1) is 5.92 Å². The highest BCUT2D eigenvalue weighted by Crippen LogP contribution is 2.33. The minimum absolute atomic E-state index is 0.349. The van der Waals surface area contributed by atoms with Crippen molar-refractivity contribution in [3.63, 3.8) is 0 Å². The summed E-state index contributed by atoms with van der Waals surface area (Å²) in [6.07, 6.45) is 0. The summed E-state index contributed by atoms with van der Waals surface area (Å²) in [5.74, 6) is 2.99. The fourth-order valence-electron chi connectivity index (χ4n) is 1.74. The van der Waals surface area contributed by atoms with E-state index >= 15 is 0 Å². The van der Waals surface area contributed by atoms with Gasteiger partial charge in [-0.25, -0.2) is 0 Å². The molecular formula is C13H19ClO2. The van der Waals surface area contributed by atoms with Crippen LogP contribution < -0.4 is 9.47 Å². The quantitative estimate of drug-likeness (QED) is 0.734. The SMILES string of the molecule is COc1ccc(C(CCl)C(C)C)cc1OC. The molecular weight excluding hydrogens is 224 g/mol. The zero-order chi connectivity index (χ0) is 12.1. The van der Waals surface area contributed by atoms with Crippen molar-refractivity contribution in [1.29, 1.82) is 0 Å². The molecule has 0 aliphatic heterocycles. The van der Waals surface area contributed by atoms with Crippen molar-refractivity contribution in [3.05, 3.63) is 23.8 Å². The molecule has 0 aromatic heterocycles. The lowest BCUT2D eigenvalue weighted by Gasteiger charge is -2.19.